The molecule has 0 atom stereocenters. The molecule has 15 heavy (non-hydrogen) atoms. The summed E-state index contributed by atoms with van der Waals surface area (Å²) in [5, 5.41) is 6.41. The molecule has 0 aliphatic heterocycles. The molecule has 1 rings (SSSR count). The maximum atomic E-state index is 11.4. The Bertz CT molecular complexity index is 400. The Morgan fingerprint density at radius 2 is 2.33 bits per heavy atom. The van der Waals surface area contributed by atoms with Crippen molar-refractivity contribution in [1.82, 2.24) is 15.1 Å². The van der Waals surface area contributed by atoms with E-state index in [0.717, 1.165) is 4.68 Å². The second-order valence-corrected chi connectivity index (χ2v) is 2.93. The van der Waals surface area contributed by atoms with E-state index in [1.54, 1.807) is 7.11 Å². The number of methoxy groups -OCH3 is 1. The molecular weight excluding hydrogens is 198 g/mol. The number of ether oxygens (including phenoxy) is 1. The van der Waals surface area contributed by atoms with Crippen LogP contribution in [0.3, 0.4) is 0 Å². The number of aromatic nitrogens is 2. The van der Waals surface area contributed by atoms with Gasteiger partial charge in [0.15, 0.2) is 0 Å². The number of carbonyl (C=O) groups is 1. The number of nitrogens with one attached hydrogen (secondary N) is 1. The Labute approximate surface area is 86.9 Å². The summed E-state index contributed by atoms with van der Waals surface area (Å²) in [6.45, 7) is 0.858. The minimum absolute atomic E-state index is 0.216. The topological polar surface area (TPSA) is 73.2 Å². The van der Waals surface area contributed by atoms with Gasteiger partial charge in [-0.2, -0.15) is 5.10 Å². The number of rotatable bonds is 4. The number of aryl methyl sites for hydroxylation is 1. The molecule has 6 nitrogen and oxygen atoms in total. The van der Waals surface area contributed by atoms with Crippen LogP contribution in [-0.2, 0) is 11.8 Å². The normalized spacial score (nSPS) is 10.0. The molecule has 0 aromatic carbocycles. The van der Waals surface area contributed by atoms with Gasteiger partial charge in [-0.3, -0.25) is 9.59 Å². The maximum Gasteiger partial charge on any atom is 0.271 e. The van der Waals surface area contributed by atoms with Crippen LogP contribution in [0.4, 0.5) is 0 Å². The highest BCUT2D eigenvalue weighted by atomic mass is 16.5. The van der Waals surface area contributed by atoms with E-state index in [2.05, 4.69) is 10.4 Å². The number of amides is 1. The SMILES string of the molecule is COCCNC(=O)c1ccc(=O)n(C)n1. The molecule has 0 fully saturated rings. The molecule has 0 radical (unpaired) electrons. The van der Waals surface area contributed by atoms with E-state index >= 15 is 0 Å². The third kappa shape index (κ3) is 3.17. The zero-order valence-electron chi connectivity index (χ0n) is 8.69. The first kappa shape index (κ1) is 11.4. The molecule has 82 valence electrons. The number of nitrogens with zero attached hydrogens (tertiary/aromatic N) is 2. The van der Waals surface area contributed by atoms with Gasteiger partial charge in [0.25, 0.3) is 11.5 Å². The van der Waals surface area contributed by atoms with Gasteiger partial charge in [0.2, 0.25) is 0 Å². The molecule has 0 bridgehead atoms. The van der Waals surface area contributed by atoms with Crippen LogP contribution in [-0.4, -0.2) is 35.9 Å². The molecule has 0 aliphatic carbocycles. The molecule has 1 aromatic rings. The molecular formula is C9H13N3O3. The van der Waals surface area contributed by atoms with E-state index in [1.807, 2.05) is 0 Å². The number of carbonyl (C=O) groups excluding carboxylic acids is 1. The summed E-state index contributed by atoms with van der Waals surface area (Å²) in [6, 6.07) is 2.70. The van der Waals surface area contributed by atoms with Gasteiger partial charge in [-0.1, -0.05) is 0 Å². The van der Waals surface area contributed by atoms with Gasteiger partial charge in [0, 0.05) is 26.8 Å². The first-order chi connectivity index (χ1) is 7.15. The summed E-state index contributed by atoms with van der Waals surface area (Å²) < 4.78 is 5.90. The van der Waals surface area contributed by atoms with Crippen molar-refractivity contribution in [2.75, 3.05) is 20.3 Å². The molecule has 0 saturated carbocycles. The third-order valence-electron chi connectivity index (χ3n) is 1.78. The van der Waals surface area contributed by atoms with Crippen molar-refractivity contribution in [3.63, 3.8) is 0 Å². The van der Waals surface area contributed by atoms with Crippen molar-refractivity contribution in [2.45, 2.75) is 0 Å². The number of hydrogen-bond donors (Lipinski definition) is 1. The molecule has 6 heteroatoms. The Kier molecular flexibility index (Phi) is 3.99. The lowest BCUT2D eigenvalue weighted by Crippen LogP contribution is -2.30. The first-order valence-corrected chi connectivity index (χ1v) is 4.46. The third-order valence-corrected chi connectivity index (χ3v) is 1.78. The van der Waals surface area contributed by atoms with E-state index in [1.165, 1.54) is 19.2 Å². The van der Waals surface area contributed by atoms with Crippen LogP contribution in [0.15, 0.2) is 16.9 Å². The average molecular weight is 211 g/mol. The summed E-state index contributed by atoms with van der Waals surface area (Å²) in [5.74, 6) is -0.317. The van der Waals surface area contributed by atoms with E-state index in [9.17, 15) is 9.59 Å². The van der Waals surface area contributed by atoms with Gasteiger partial charge >= 0.3 is 0 Å². The van der Waals surface area contributed by atoms with Gasteiger partial charge in [0.05, 0.1) is 6.61 Å². The lowest BCUT2D eigenvalue weighted by molar-refractivity contribution is 0.0930. The van der Waals surface area contributed by atoms with Crippen molar-refractivity contribution in [3.05, 3.63) is 28.2 Å². The first-order valence-electron chi connectivity index (χ1n) is 4.46. The fraction of sp³-hybridized carbons (Fsp3) is 0.444. The van der Waals surface area contributed by atoms with Crippen molar-refractivity contribution < 1.29 is 9.53 Å². The zero-order chi connectivity index (χ0) is 11.3. The minimum Gasteiger partial charge on any atom is -0.383 e. The van der Waals surface area contributed by atoms with Gasteiger partial charge in [0.1, 0.15) is 5.69 Å². The van der Waals surface area contributed by atoms with Crippen molar-refractivity contribution >= 4 is 5.91 Å². The predicted octanol–water partition coefficient (Wildman–Crippen LogP) is -0.843. The van der Waals surface area contributed by atoms with E-state index in [4.69, 9.17) is 4.74 Å². The fourth-order valence-corrected chi connectivity index (χ4v) is 0.981. The summed E-state index contributed by atoms with van der Waals surface area (Å²) in [4.78, 5) is 22.4. The van der Waals surface area contributed by atoms with Crippen LogP contribution in [0, 0.1) is 0 Å². The highest BCUT2D eigenvalue weighted by Crippen LogP contribution is 1.88. The lowest BCUT2D eigenvalue weighted by atomic mass is 10.3. The van der Waals surface area contributed by atoms with Crippen LogP contribution in [0.2, 0.25) is 0 Å². The smallest absolute Gasteiger partial charge is 0.271 e. The van der Waals surface area contributed by atoms with Crippen molar-refractivity contribution in [2.24, 2.45) is 7.05 Å². The van der Waals surface area contributed by atoms with Crippen molar-refractivity contribution in [3.8, 4) is 0 Å². The Morgan fingerprint density at radius 3 is 2.93 bits per heavy atom. The summed E-state index contributed by atoms with van der Waals surface area (Å²) >= 11 is 0. The van der Waals surface area contributed by atoms with Gasteiger partial charge < -0.3 is 10.1 Å². The second-order valence-electron chi connectivity index (χ2n) is 2.93. The lowest BCUT2D eigenvalue weighted by Gasteiger charge is -2.04. The summed E-state index contributed by atoms with van der Waals surface area (Å²) in [6.07, 6.45) is 0. The van der Waals surface area contributed by atoms with Gasteiger partial charge in [-0.15, -0.1) is 0 Å². The molecule has 1 N–H and O–H groups in total. The van der Waals surface area contributed by atoms with Crippen LogP contribution in [0.5, 0.6) is 0 Å². The van der Waals surface area contributed by atoms with E-state index < -0.39 is 0 Å². The highest BCUT2D eigenvalue weighted by molar-refractivity contribution is 5.91. The predicted molar refractivity (Wildman–Crippen MR) is 53.7 cm³/mol. The second kappa shape index (κ2) is 5.26. The molecule has 0 unspecified atom stereocenters. The molecule has 1 heterocycles. The van der Waals surface area contributed by atoms with E-state index in [0.29, 0.717) is 13.2 Å². The minimum atomic E-state index is -0.317. The largest absolute Gasteiger partial charge is 0.383 e. The standard InChI is InChI=1S/C9H13N3O3/c1-12-8(13)4-3-7(11-12)9(14)10-5-6-15-2/h3-4H,5-6H2,1-2H3,(H,10,14). The number of hydrogen-bond acceptors (Lipinski definition) is 4. The Hall–Kier alpha value is -1.69. The van der Waals surface area contributed by atoms with E-state index in [-0.39, 0.29) is 17.2 Å². The molecule has 0 aliphatic rings. The van der Waals surface area contributed by atoms with Crippen LogP contribution < -0.4 is 10.9 Å². The molecule has 1 aromatic heterocycles. The Morgan fingerprint density at radius 1 is 1.60 bits per heavy atom. The monoisotopic (exact) mass is 211 g/mol. The quantitative estimate of drug-likeness (QED) is 0.659. The van der Waals surface area contributed by atoms with Crippen LogP contribution >= 0.6 is 0 Å². The Balaban J connectivity index is 2.66. The van der Waals surface area contributed by atoms with Crippen LogP contribution in [0.1, 0.15) is 10.5 Å². The van der Waals surface area contributed by atoms with Crippen LogP contribution in [0.25, 0.3) is 0 Å². The zero-order valence-corrected chi connectivity index (χ0v) is 8.69. The molecule has 0 saturated heterocycles. The maximum absolute atomic E-state index is 11.4. The highest BCUT2D eigenvalue weighted by Gasteiger charge is 2.06. The summed E-state index contributed by atoms with van der Waals surface area (Å²) in [5.41, 5.74) is -0.0309. The van der Waals surface area contributed by atoms with Gasteiger partial charge in [-0.05, 0) is 6.07 Å². The van der Waals surface area contributed by atoms with Gasteiger partial charge in [-0.25, -0.2) is 4.68 Å². The molecule has 0 spiro atoms. The van der Waals surface area contributed by atoms with Crippen molar-refractivity contribution in [1.29, 1.82) is 0 Å². The molecule has 1 amide bonds. The average Bonchev–Trinajstić information content (AvgIpc) is 2.22. The summed E-state index contributed by atoms with van der Waals surface area (Å²) in [7, 11) is 3.05. The fourth-order valence-electron chi connectivity index (χ4n) is 0.981.